The molecule has 2 atom stereocenters. The largest absolute Gasteiger partial charge is 0.462 e. The molecular formula is C27H31N3O4. The van der Waals surface area contributed by atoms with Crippen LogP contribution in [0, 0.1) is 0 Å². The minimum absolute atomic E-state index is 0.0431. The Balaban J connectivity index is 1.64. The summed E-state index contributed by atoms with van der Waals surface area (Å²) < 4.78 is 7.29. The van der Waals surface area contributed by atoms with E-state index >= 15 is 0 Å². The van der Waals surface area contributed by atoms with Crippen molar-refractivity contribution in [2.24, 2.45) is 0 Å². The summed E-state index contributed by atoms with van der Waals surface area (Å²) in [7, 11) is 0. The van der Waals surface area contributed by atoms with Crippen LogP contribution in [0.3, 0.4) is 0 Å². The Morgan fingerprint density at radius 3 is 2.47 bits per heavy atom. The smallest absolute Gasteiger partial charge is 0.308 e. The van der Waals surface area contributed by atoms with Crippen molar-refractivity contribution in [2.75, 3.05) is 0 Å². The topological polar surface area (TPSA) is 93.5 Å². The molecule has 0 aliphatic carbocycles. The van der Waals surface area contributed by atoms with E-state index in [1.54, 1.807) is 0 Å². The van der Waals surface area contributed by atoms with Gasteiger partial charge in [0, 0.05) is 24.2 Å². The van der Waals surface area contributed by atoms with Crippen molar-refractivity contribution in [3.63, 3.8) is 0 Å². The van der Waals surface area contributed by atoms with Gasteiger partial charge in [-0.1, -0.05) is 62.4 Å². The number of carbonyl (C=O) groups is 2. The second-order valence-electron chi connectivity index (χ2n) is 9.02. The number of benzene rings is 2. The van der Waals surface area contributed by atoms with Crippen LogP contribution in [-0.2, 0) is 22.5 Å². The molecule has 0 unspecified atom stereocenters. The highest BCUT2D eigenvalue weighted by atomic mass is 16.5. The summed E-state index contributed by atoms with van der Waals surface area (Å²) in [5.74, 6) is -0.530. The average Bonchev–Trinajstić information content (AvgIpc) is 3.22. The fraction of sp³-hybridized carbons (Fsp3) is 0.370. The van der Waals surface area contributed by atoms with Gasteiger partial charge in [-0.2, -0.15) is 5.10 Å². The van der Waals surface area contributed by atoms with Crippen LogP contribution >= 0.6 is 0 Å². The Hall–Kier alpha value is -3.45. The quantitative estimate of drug-likeness (QED) is 0.496. The maximum Gasteiger partial charge on any atom is 0.308 e. The van der Waals surface area contributed by atoms with Crippen LogP contribution in [0.5, 0.6) is 0 Å². The first-order valence-corrected chi connectivity index (χ1v) is 11.8. The normalized spacial score (nSPS) is 18.1. The number of amides is 1. The molecule has 7 nitrogen and oxygen atoms in total. The molecule has 1 saturated heterocycles. The van der Waals surface area contributed by atoms with E-state index in [1.165, 1.54) is 0 Å². The van der Waals surface area contributed by atoms with Crippen LogP contribution in [0.15, 0.2) is 60.7 Å². The highest BCUT2D eigenvalue weighted by molar-refractivity contribution is 5.94. The van der Waals surface area contributed by atoms with Gasteiger partial charge in [-0.25, -0.2) is 4.68 Å². The number of aliphatic hydroxyl groups is 1. The van der Waals surface area contributed by atoms with E-state index in [9.17, 15) is 14.7 Å². The summed E-state index contributed by atoms with van der Waals surface area (Å²) in [6.45, 7) is 4.52. The summed E-state index contributed by atoms with van der Waals surface area (Å²) >= 11 is 0. The van der Waals surface area contributed by atoms with Gasteiger partial charge >= 0.3 is 5.97 Å². The third-order valence-corrected chi connectivity index (χ3v) is 6.05. The lowest BCUT2D eigenvalue weighted by Crippen LogP contribution is -2.33. The highest BCUT2D eigenvalue weighted by Crippen LogP contribution is 2.29. The predicted molar refractivity (Wildman–Crippen MR) is 129 cm³/mol. The van der Waals surface area contributed by atoms with Crippen LogP contribution in [0.2, 0.25) is 0 Å². The second-order valence-corrected chi connectivity index (χ2v) is 9.02. The molecule has 2 N–H and O–H groups in total. The van der Waals surface area contributed by atoms with Gasteiger partial charge in [0.15, 0.2) is 5.69 Å². The average molecular weight is 462 g/mol. The number of ether oxygens (including phenoxy) is 1. The Labute approximate surface area is 199 Å². The molecule has 0 bridgehead atoms. The van der Waals surface area contributed by atoms with Crippen molar-refractivity contribution >= 4 is 11.9 Å². The standard InChI is InChI=1S/C27H31N3O4/c1-18(2)25-23(14-13-22-15-21(31)16-24(32)34-22)30(20-11-7-4-8-12-20)29-26(25)27(33)28-17-19-9-5-3-6-10-19/h3-12,18,21-22,31H,13-17H2,1-2H3,(H,28,33)/t21-,22-/m1/s1. The zero-order chi connectivity index (χ0) is 24.1. The number of carbonyl (C=O) groups excluding carboxylic acids is 2. The van der Waals surface area contributed by atoms with E-state index in [0.29, 0.717) is 31.5 Å². The summed E-state index contributed by atoms with van der Waals surface area (Å²) in [6, 6.07) is 19.5. The van der Waals surface area contributed by atoms with Gasteiger partial charge in [0.1, 0.15) is 6.10 Å². The van der Waals surface area contributed by atoms with Crippen LogP contribution in [-0.4, -0.2) is 39.0 Å². The van der Waals surface area contributed by atoms with Crippen LogP contribution in [0.4, 0.5) is 0 Å². The van der Waals surface area contributed by atoms with Crippen LogP contribution in [0.25, 0.3) is 5.69 Å². The Morgan fingerprint density at radius 2 is 1.82 bits per heavy atom. The molecule has 7 heteroatoms. The van der Waals surface area contributed by atoms with Crippen LogP contribution < -0.4 is 5.32 Å². The van der Waals surface area contributed by atoms with E-state index in [-0.39, 0.29) is 30.3 Å². The van der Waals surface area contributed by atoms with E-state index in [1.807, 2.05) is 79.2 Å². The Bertz CT molecular complexity index is 1130. The molecule has 0 radical (unpaired) electrons. The first-order chi connectivity index (χ1) is 16.4. The number of aliphatic hydroxyl groups excluding tert-OH is 1. The number of para-hydroxylation sites is 1. The lowest BCUT2D eigenvalue weighted by Gasteiger charge is -2.26. The predicted octanol–water partition coefficient (Wildman–Crippen LogP) is 3.92. The molecule has 4 rings (SSSR count). The molecule has 1 aliphatic rings. The Morgan fingerprint density at radius 1 is 1.15 bits per heavy atom. The molecule has 1 amide bonds. The van der Waals surface area contributed by atoms with Crippen molar-refractivity contribution in [3.05, 3.63) is 83.2 Å². The maximum atomic E-state index is 13.2. The lowest BCUT2D eigenvalue weighted by atomic mass is 9.95. The van der Waals surface area contributed by atoms with E-state index < -0.39 is 6.10 Å². The number of aromatic nitrogens is 2. The van der Waals surface area contributed by atoms with Crippen molar-refractivity contribution in [1.29, 1.82) is 0 Å². The van der Waals surface area contributed by atoms with Gasteiger partial charge in [0.2, 0.25) is 0 Å². The number of nitrogens with zero attached hydrogens (tertiary/aromatic N) is 2. The van der Waals surface area contributed by atoms with Crippen molar-refractivity contribution in [3.8, 4) is 5.69 Å². The molecule has 1 fully saturated rings. The zero-order valence-electron chi connectivity index (χ0n) is 19.6. The van der Waals surface area contributed by atoms with Crippen molar-refractivity contribution in [2.45, 2.75) is 64.2 Å². The van der Waals surface area contributed by atoms with Gasteiger partial charge in [-0.05, 0) is 36.5 Å². The summed E-state index contributed by atoms with van der Waals surface area (Å²) in [5, 5.41) is 17.7. The SMILES string of the molecule is CC(C)c1c(C(=O)NCc2ccccc2)nn(-c2ccccc2)c1CC[C@@H]1C[C@@H](O)CC(=O)O1. The summed E-state index contributed by atoms with van der Waals surface area (Å²) in [6.07, 6.45) is 0.548. The fourth-order valence-electron chi connectivity index (χ4n) is 4.46. The molecule has 2 heterocycles. The van der Waals surface area contributed by atoms with E-state index in [2.05, 4.69) is 5.32 Å². The minimum Gasteiger partial charge on any atom is -0.462 e. The molecule has 1 aliphatic heterocycles. The second kappa shape index (κ2) is 10.7. The molecule has 0 saturated carbocycles. The van der Waals surface area contributed by atoms with Gasteiger partial charge in [0.05, 0.1) is 18.2 Å². The third-order valence-electron chi connectivity index (χ3n) is 6.05. The number of hydrogen-bond donors (Lipinski definition) is 2. The first kappa shape index (κ1) is 23.7. The van der Waals surface area contributed by atoms with Crippen molar-refractivity contribution < 1.29 is 19.4 Å². The van der Waals surface area contributed by atoms with Gasteiger partial charge < -0.3 is 15.2 Å². The first-order valence-electron chi connectivity index (χ1n) is 11.8. The molecule has 34 heavy (non-hydrogen) atoms. The molecular weight excluding hydrogens is 430 g/mol. The van der Waals surface area contributed by atoms with E-state index in [4.69, 9.17) is 9.84 Å². The maximum absolute atomic E-state index is 13.2. The molecule has 0 spiro atoms. The van der Waals surface area contributed by atoms with Crippen molar-refractivity contribution in [1.82, 2.24) is 15.1 Å². The molecule has 1 aromatic heterocycles. The molecule has 2 aromatic carbocycles. The lowest BCUT2D eigenvalue weighted by molar-refractivity contribution is -0.160. The van der Waals surface area contributed by atoms with Crippen LogP contribution in [0.1, 0.15) is 66.3 Å². The number of rotatable bonds is 8. The van der Waals surface area contributed by atoms with E-state index in [0.717, 1.165) is 22.5 Å². The summed E-state index contributed by atoms with van der Waals surface area (Å²) in [4.78, 5) is 25.0. The number of esters is 1. The number of cyclic esters (lactones) is 1. The number of hydrogen-bond acceptors (Lipinski definition) is 5. The monoisotopic (exact) mass is 461 g/mol. The number of nitrogens with one attached hydrogen (secondary N) is 1. The minimum atomic E-state index is -0.672. The Kier molecular flexibility index (Phi) is 7.43. The van der Waals surface area contributed by atoms with Gasteiger partial charge in [-0.3, -0.25) is 9.59 Å². The molecule has 178 valence electrons. The molecule has 3 aromatic rings. The third kappa shape index (κ3) is 5.54. The zero-order valence-corrected chi connectivity index (χ0v) is 19.6. The van der Waals surface area contributed by atoms with Gasteiger partial charge in [-0.15, -0.1) is 0 Å². The highest BCUT2D eigenvalue weighted by Gasteiger charge is 2.30. The summed E-state index contributed by atoms with van der Waals surface area (Å²) in [5.41, 5.74) is 4.09. The van der Waals surface area contributed by atoms with Gasteiger partial charge in [0.25, 0.3) is 5.91 Å². The fourth-order valence-corrected chi connectivity index (χ4v) is 4.46.